The third-order valence-electron chi connectivity index (χ3n) is 4.52. The quantitative estimate of drug-likeness (QED) is 0.619. The van der Waals surface area contributed by atoms with Crippen molar-refractivity contribution in [3.63, 3.8) is 0 Å². The fraction of sp³-hybridized carbons (Fsp3) is 0.318. The van der Waals surface area contributed by atoms with Crippen LogP contribution in [0, 0.1) is 0 Å². The third kappa shape index (κ3) is 5.38. The van der Waals surface area contributed by atoms with E-state index in [9.17, 15) is 9.59 Å². The average molecular weight is 413 g/mol. The SMILES string of the molecule is CCOC(=O)CSCC(=O)N1N=C(c2ccccc2)C[C@H]1c1ccc(OC)cc1. The fourth-order valence-corrected chi connectivity index (χ4v) is 3.78. The van der Waals surface area contributed by atoms with Crippen LogP contribution in [0.4, 0.5) is 0 Å². The van der Waals surface area contributed by atoms with Crippen molar-refractivity contribution < 1.29 is 19.1 Å². The van der Waals surface area contributed by atoms with Gasteiger partial charge in [-0.3, -0.25) is 9.59 Å². The molecule has 0 spiro atoms. The lowest BCUT2D eigenvalue weighted by Gasteiger charge is -2.22. The topological polar surface area (TPSA) is 68.2 Å². The Morgan fingerprint density at radius 3 is 2.48 bits per heavy atom. The van der Waals surface area contributed by atoms with E-state index >= 15 is 0 Å². The summed E-state index contributed by atoms with van der Waals surface area (Å²) >= 11 is 1.24. The Hall–Kier alpha value is -2.80. The van der Waals surface area contributed by atoms with E-state index in [1.807, 2.05) is 54.6 Å². The van der Waals surface area contributed by atoms with Gasteiger partial charge in [-0.2, -0.15) is 5.10 Å². The summed E-state index contributed by atoms with van der Waals surface area (Å²) in [7, 11) is 1.62. The van der Waals surface area contributed by atoms with Gasteiger partial charge < -0.3 is 9.47 Å². The van der Waals surface area contributed by atoms with Crippen LogP contribution in [-0.4, -0.2) is 47.8 Å². The van der Waals surface area contributed by atoms with Gasteiger partial charge in [0.1, 0.15) is 5.75 Å². The van der Waals surface area contributed by atoms with Crippen LogP contribution in [0.5, 0.6) is 5.75 Å². The van der Waals surface area contributed by atoms with E-state index in [1.165, 1.54) is 11.8 Å². The van der Waals surface area contributed by atoms with Crippen molar-refractivity contribution in [2.75, 3.05) is 25.2 Å². The van der Waals surface area contributed by atoms with Gasteiger partial charge in [-0.15, -0.1) is 11.8 Å². The Morgan fingerprint density at radius 2 is 1.83 bits per heavy atom. The van der Waals surface area contributed by atoms with Crippen molar-refractivity contribution in [2.24, 2.45) is 5.10 Å². The smallest absolute Gasteiger partial charge is 0.315 e. The Labute approximate surface area is 174 Å². The maximum atomic E-state index is 12.9. The highest BCUT2D eigenvalue weighted by molar-refractivity contribution is 8.00. The third-order valence-corrected chi connectivity index (χ3v) is 5.42. The molecular formula is C22H24N2O4S. The van der Waals surface area contributed by atoms with Crippen LogP contribution in [0.15, 0.2) is 59.7 Å². The molecule has 1 amide bonds. The molecule has 2 aromatic carbocycles. The number of carbonyl (C=O) groups is 2. The number of hydrogen-bond acceptors (Lipinski definition) is 6. The molecule has 0 saturated heterocycles. The lowest BCUT2D eigenvalue weighted by Crippen LogP contribution is -2.29. The molecule has 0 N–H and O–H groups in total. The predicted molar refractivity (Wildman–Crippen MR) is 114 cm³/mol. The van der Waals surface area contributed by atoms with E-state index in [2.05, 4.69) is 5.10 Å². The van der Waals surface area contributed by atoms with E-state index in [1.54, 1.807) is 19.0 Å². The van der Waals surface area contributed by atoms with Crippen LogP contribution in [0.1, 0.15) is 30.5 Å². The lowest BCUT2D eigenvalue weighted by molar-refractivity contribution is -0.139. The minimum Gasteiger partial charge on any atom is -0.497 e. The molecule has 1 heterocycles. The van der Waals surface area contributed by atoms with Crippen LogP contribution in [0.2, 0.25) is 0 Å². The van der Waals surface area contributed by atoms with Crippen molar-refractivity contribution in [3.8, 4) is 5.75 Å². The molecule has 6 nitrogen and oxygen atoms in total. The fourth-order valence-electron chi connectivity index (χ4n) is 3.12. The normalized spacial score (nSPS) is 15.7. The summed E-state index contributed by atoms with van der Waals surface area (Å²) in [5, 5.41) is 6.18. The second-order valence-corrected chi connectivity index (χ2v) is 7.43. The molecule has 29 heavy (non-hydrogen) atoms. The summed E-state index contributed by atoms with van der Waals surface area (Å²) in [4.78, 5) is 24.4. The first kappa shape index (κ1) is 20.9. The predicted octanol–water partition coefficient (Wildman–Crippen LogP) is 3.67. The molecular weight excluding hydrogens is 388 g/mol. The van der Waals surface area contributed by atoms with Crippen LogP contribution in [-0.2, 0) is 14.3 Å². The number of hydrogen-bond donors (Lipinski definition) is 0. The molecule has 152 valence electrons. The number of amides is 1. The van der Waals surface area contributed by atoms with Gasteiger partial charge in [0.15, 0.2) is 0 Å². The zero-order chi connectivity index (χ0) is 20.6. The zero-order valence-corrected chi connectivity index (χ0v) is 17.4. The van der Waals surface area contributed by atoms with Crippen LogP contribution in [0.25, 0.3) is 0 Å². The maximum Gasteiger partial charge on any atom is 0.315 e. The summed E-state index contributed by atoms with van der Waals surface area (Å²) in [6, 6.07) is 17.3. The number of benzene rings is 2. The van der Waals surface area contributed by atoms with E-state index in [0.717, 1.165) is 22.6 Å². The Kier molecular flexibility index (Phi) is 7.30. The first-order valence-electron chi connectivity index (χ1n) is 9.44. The molecule has 3 rings (SSSR count). The van der Waals surface area contributed by atoms with Gasteiger partial charge in [-0.1, -0.05) is 42.5 Å². The Balaban J connectivity index is 1.76. The molecule has 0 saturated carbocycles. The number of nitrogens with zero attached hydrogens (tertiary/aromatic N) is 2. The molecule has 1 aliphatic heterocycles. The van der Waals surface area contributed by atoms with Crippen molar-refractivity contribution in [3.05, 3.63) is 65.7 Å². The molecule has 7 heteroatoms. The van der Waals surface area contributed by atoms with Crippen LogP contribution >= 0.6 is 11.8 Å². The molecule has 0 unspecified atom stereocenters. The van der Waals surface area contributed by atoms with Gasteiger partial charge in [-0.05, 0) is 30.2 Å². The number of methoxy groups -OCH3 is 1. The molecule has 0 radical (unpaired) electrons. The summed E-state index contributed by atoms with van der Waals surface area (Å²) < 4.78 is 10.1. The second kappa shape index (κ2) is 10.1. The first-order valence-corrected chi connectivity index (χ1v) is 10.6. The highest BCUT2D eigenvalue weighted by atomic mass is 32.2. The first-order chi connectivity index (χ1) is 14.1. The number of esters is 1. The highest BCUT2D eigenvalue weighted by Crippen LogP contribution is 2.34. The Bertz CT molecular complexity index is 868. The van der Waals surface area contributed by atoms with E-state index in [-0.39, 0.29) is 29.4 Å². The van der Waals surface area contributed by atoms with Gasteiger partial charge in [0.2, 0.25) is 0 Å². The minimum atomic E-state index is -0.313. The van der Waals surface area contributed by atoms with Gasteiger partial charge in [0.25, 0.3) is 5.91 Å². The van der Waals surface area contributed by atoms with Crippen molar-refractivity contribution in [1.29, 1.82) is 0 Å². The maximum absolute atomic E-state index is 12.9. The van der Waals surface area contributed by atoms with E-state index in [4.69, 9.17) is 9.47 Å². The summed E-state index contributed by atoms with van der Waals surface area (Å²) in [5.41, 5.74) is 2.86. The van der Waals surface area contributed by atoms with Gasteiger partial charge >= 0.3 is 5.97 Å². The molecule has 2 aromatic rings. The molecule has 1 atom stereocenters. The van der Waals surface area contributed by atoms with Crippen LogP contribution < -0.4 is 4.74 Å². The zero-order valence-electron chi connectivity index (χ0n) is 16.5. The standard InChI is InChI=1S/C22H24N2O4S/c1-3-28-22(26)15-29-14-21(25)24-20(17-9-11-18(27-2)12-10-17)13-19(23-24)16-7-5-4-6-8-16/h4-12,20H,3,13-15H2,1-2H3/t20-/m0/s1. The number of thioether (sulfide) groups is 1. The van der Waals surface area contributed by atoms with Crippen molar-refractivity contribution in [2.45, 2.75) is 19.4 Å². The number of rotatable bonds is 8. The molecule has 0 aliphatic carbocycles. The van der Waals surface area contributed by atoms with Crippen LogP contribution in [0.3, 0.4) is 0 Å². The molecule has 0 fully saturated rings. The molecule has 0 bridgehead atoms. The van der Waals surface area contributed by atoms with Gasteiger partial charge in [-0.25, -0.2) is 5.01 Å². The number of ether oxygens (including phenoxy) is 2. The average Bonchev–Trinajstić information content (AvgIpc) is 3.20. The van der Waals surface area contributed by atoms with Gasteiger partial charge in [0, 0.05) is 6.42 Å². The largest absolute Gasteiger partial charge is 0.497 e. The second-order valence-electron chi connectivity index (χ2n) is 6.44. The van der Waals surface area contributed by atoms with Crippen molar-refractivity contribution in [1.82, 2.24) is 5.01 Å². The lowest BCUT2D eigenvalue weighted by atomic mass is 9.98. The monoisotopic (exact) mass is 412 g/mol. The van der Waals surface area contributed by atoms with E-state index < -0.39 is 0 Å². The summed E-state index contributed by atoms with van der Waals surface area (Å²) in [5.74, 6) is 0.629. The van der Waals surface area contributed by atoms with Gasteiger partial charge in [0.05, 0.1) is 37.0 Å². The van der Waals surface area contributed by atoms with E-state index in [0.29, 0.717) is 13.0 Å². The minimum absolute atomic E-state index is 0.133. The highest BCUT2D eigenvalue weighted by Gasteiger charge is 2.33. The van der Waals surface area contributed by atoms with Crippen molar-refractivity contribution >= 4 is 29.4 Å². The Morgan fingerprint density at radius 1 is 1.10 bits per heavy atom. The summed E-state index contributed by atoms with van der Waals surface area (Å²) in [6.45, 7) is 2.10. The molecule has 0 aromatic heterocycles. The number of hydrazone groups is 1. The summed E-state index contributed by atoms with van der Waals surface area (Å²) in [6.07, 6.45) is 0.630. The number of carbonyl (C=O) groups excluding carboxylic acids is 2. The molecule has 1 aliphatic rings.